The second kappa shape index (κ2) is 77.0. The van der Waals surface area contributed by atoms with Gasteiger partial charge in [-0.1, -0.05) is 26.7 Å². The molecule has 325 valence electrons. The summed E-state index contributed by atoms with van der Waals surface area (Å²) < 4.78 is 0. The molecule has 0 fully saturated rings. The molecule has 30 heteroatoms. The maximum absolute atomic E-state index is 9.12. The van der Waals surface area contributed by atoms with Gasteiger partial charge >= 0.3 is 59.7 Å². The van der Waals surface area contributed by atoms with Crippen molar-refractivity contribution in [2.24, 2.45) is 0 Å². The van der Waals surface area contributed by atoms with E-state index in [1.807, 2.05) is 0 Å². The van der Waals surface area contributed by atoms with Crippen molar-refractivity contribution < 1.29 is 150 Å². The van der Waals surface area contributed by atoms with E-state index in [2.05, 4.69) is 13.8 Å². The van der Waals surface area contributed by atoms with Gasteiger partial charge in [-0.2, -0.15) is 0 Å². The lowest BCUT2D eigenvalue weighted by Crippen LogP contribution is -1.98. The molecular weight excluding hydrogens is 768 g/mol. The second-order valence-corrected chi connectivity index (χ2v) is 6.37. The molecule has 0 spiro atoms. The van der Waals surface area contributed by atoms with Crippen molar-refractivity contribution in [1.29, 1.82) is 0 Å². The van der Waals surface area contributed by atoms with Crippen molar-refractivity contribution in [2.75, 3.05) is 66.1 Å². The Morgan fingerprint density at radius 3 is 0.315 bits per heavy atom. The van der Waals surface area contributed by atoms with E-state index in [9.17, 15) is 0 Å². The zero-order chi connectivity index (χ0) is 46.3. The Labute approximate surface area is 303 Å². The Morgan fingerprint density at radius 1 is 0.278 bits per heavy atom. The van der Waals surface area contributed by atoms with E-state index in [4.69, 9.17) is 150 Å². The smallest absolute Gasteiger partial charge is 0.329 e. The van der Waals surface area contributed by atoms with Crippen LogP contribution < -0.4 is 0 Å². The number of aliphatic carboxylic acids is 10. The van der Waals surface area contributed by atoms with Crippen LogP contribution in [0.4, 0.5) is 0 Å². The maximum Gasteiger partial charge on any atom is 0.329 e. The predicted molar refractivity (Wildman–Crippen MR) is 167 cm³/mol. The number of hydrogen-bond donors (Lipinski definition) is 20. The van der Waals surface area contributed by atoms with Crippen molar-refractivity contribution in [3.63, 3.8) is 0 Å². The highest BCUT2D eigenvalue weighted by Crippen LogP contribution is 1.76. The molecule has 0 aliphatic rings. The summed E-state index contributed by atoms with van der Waals surface area (Å²) in [6.07, 6.45) is 2.28. The molecule has 0 aromatic carbocycles. The zero-order valence-corrected chi connectivity index (χ0v) is 28.2. The Balaban J connectivity index is -0.0000000419. The third-order valence-electron chi connectivity index (χ3n) is 1.71. The van der Waals surface area contributed by atoms with Gasteiger partial charge in [-0.15, -0.1) is 0 Å². The number of aliphatic hydroxyl groups is 10. The lowest BCUT2D eigenvalue weighted by atomic mass is 10.4. The van der Waals surface area contributed by atoms with E-state index in [1.165, 1.54) is 6.42 Å². The summed E-state index contributed by atoms with van der Waals surface area (Å²) in [6.45, 7) is -2.06. The fourth-order valence-corrected chi connectivity index (χ4v) is 0. The van der Waals surface area contributed by atoms with Gasteiger partial charge in [0.05, 0.1) is 0 Å². The average Bonchev–Trinajstić information content (AvgIpc) is 3.13. The summed E-state index contributed by atoms with van der Waals surface area (Å²) in [7, 11) is 0. The van der Waals surface area contributed by atoms with E-state index in [-0.39, 0.29) is 0 Å². The molecule has 1 radical (unpaired) electrons. The van der Waals surface area contributed by atoms with Crippen LogP contribution in [-0.4, -0.2) is 228 Å². The summed E-state index contributed by atoms with van der Waals surface area (Å²) in [6, 6.07) is 0. The van der Waals surface area contributed by atoms with Crippen LogP contribution >= 0.6 is 0 Å². The first-order chi connectivity index (χ1) is 24.6. The first-order valence-corrected chi connectivity index (χ1v) is 12.7. The van der Waals surface area contributed by atoms with Gasteiger partial charge < -0.3 is 102 Å². The molecule has 0 atom stereocenters. The van der Waals surface area contributed by atoms with Crippen molar-refractivity contribution in [3.8, 4) is 0 Å². The Morgan fingerprint density at radius 2 is 0.315 bits per heavy atom. The number of carboxylic acid groups (broad SMARTS) is 10. The van der Waals surface area contributed by atoms with E-state index in [1.54, 1.807) is 0 Å². The minimum atomic E-state index is -1.19. The van der Waals surface area contributed by atoms with Crippen molar-refractivity contribution in [1.82, 2.24) is 0 Å². The maximum atomic E-state index is 9.12. The van der Waals surface area contributed by atoms with Gasteiger partial charge in [-0.25, -0.2) is 47.9 Å². The molecule has 0 aromatic rings. The molecular formula is C24H49O30. The molecule has 20 N–H and O–H groups in total. The minimum absolute atomic E-state index is 0.778. The lowest BCUT2D eigenvalue weighted by molar-refractivity contribution is -0.141. The van der Waals surface area contributed by atoms with Crippen LogP contribution in [0.25, 0.3) is 0 Å². The molecule has 0 saturated heterocycles. The highest BCUT2D eigenvalue weighted by atomic mass is 16.4. The normalized spacial score (nSPS) is 7.41. The molecule has 0 aliphatic carbocycles. The van der Waals surface area contributed by atoms with E-state index < -0.39 is 126 Å². The summed E-state index contributed by atoms with van der Waals surface area (Å²) in [5.41, 5.74) is 0. The summed E-state index contributed by atoms with van der Waals surface area (Å²) in [4.78, 5) is 91.2. The molecule has 0 aromatic heterocycles. The Kier molecular flexibility index (Phi) is 111. The average molecular weight is 818 g/mol. The van der Waals surface area contributed by atoms with Gasteiger partial charge in [-0.3, -0.25) is 0 Å². The number of rotatable bonds is 11. The molecule has 0 heterocycles. The molecule has 0 aliphatic heterocycles. The van der Waals surface area contributed by atoms with Crippen LogP contribution in [0.3, 0.4) is 0 Å². The van der Waals surface area contributed by atoms with E-state index in [0.717, 1.165) is 6.42 Å². The monoisotopic (exact) mass is 817 g/mol. The first-order valence-electron chi connectivity index (χ1n) is 12.7. The quantitative estimate of drug-likeness (QED) is 0.0920. The molecule has 0 unspecified atom stereocenters. The van der Waals surface area contributed by atoms with Crippen molar-refractivity contribution in [3.05, 3.63) is 6.92 Å². The number of carboxylic acids is 10. The predicted octanol–water partition coefficient (Wildman–Crippen LogP) is -7.75. The lowest BCUT2D eigenvalue weighted by Gasteiger charge is -1.72. The topological polar surface area (TPSA) is 575 Å². The van der Waals surface area contributed by atoms with Crippen LogP contribution in [0.15, 0.2) is 0 Å². The molecule has 0 saturated carbocycles. The number of unbranched alkanes of at least 4 members (excludes halogenated alkanes) is 1. The molecule has 0 amide bonds. The van der Waals surface area contributed by atoms with Gasteiger partial charge in [0.15, 0.2) is 0 Å². The fraction of sp³-hybridized carbons (Fsp3) is 0.542. The SMILES string of the molecule is O=C(O)CO.O=C(O)CO.O=C(O)CO.O=C(O)CO.O=C(O)CO.O=C(O)CO.O=C(O)CO.O=C(O)CO.O=C(O)CO.O=C(O)CO.[CH2]CCC. The van der Waals surface area contributed by atoms with Crippen LogP contribution in [0.5, 0.6) is 0 Å². The Hall–Kier alpha value is -5.70. The van der Waals surface area contributed by atoms with Crippen molar-refractivity contribution in [2.45, 2.75) is 19.8 Å². The minimum Gasteiger partial charge on any atom is -0.480 e. The molecule has 54 heavy (non-hydrogen) atoms. The van der Waals surface area contributed by atoms with Gasteiger partial charge in [-0.05, 0) is 0 Å². The summed E-state index contributed by atoms with van der Waals surface area (Å²) in [5, 5.41) is 150. The molecule has 30 nitrogen and oxygen atoms in total. The third-order valence-corrected chi connectivity index (χ3v) is 1.71. The third kappa shape index (κ3) is 406. The number of carbonyl (C=O) groups is 10. The van der Waals surface area contributed by atoms with Gasteiger partial charge in [0, 0.05) is 0 Å². The fourth-order valence-electron chi connectivity index (χ4n) is 0. The van der Waals surface area contributed by atoms with Crippen LogP contribution in [-0.2, 0) is 47.9 Å². The standard InChI is InChI=1S/C4H9.10C2H4O3/c1-3-4-2;10*3-1-2(4)5/h1,3-4H2,2H3;10*3H,1H2,(H,4,5). The molecule has 0 rings (SSSR count). The number of hydrogen-bond acceptors (Lipinski definition) is 20. The van der Waals surface area contributed by atoms with Crippen LogP contribution in [0.1, 0.15) is 19.8 Å². The van der Waals surface area contributed by atoms with Crippen LogP contribution in [0.2, 0.25) is 0 Å². The Bertz CT molecular complexity index is 667. The summed E-state index contributed by atoms with van der Waals surface area (Å²) in [5.74, 6) is -11.9. The van der Waals surface area contributed by atoms with E-state index in [0.29, 0.717) is 0 Å². The summed E-state index contributed by atoms with van der Waals surface area (Å²) >= 11 is 0. The second-order valence-electron chi connectivity index (χ2n) is 6.37. The molecule has 0 bridgehead atoms. The van der Waals surface area contributed by atoms with Crippen LogP contribution in [0, 0.1) is 6.92 Å². The first kappa shape index (κ1) is 77.7. The van der Waals surface area contributed by atoms with Gasteiger partial charge in [0.25, 0.3) is 0 Å². The van der Waals surface area contributed by atoms with Gasteiger partial charge in [0.2, 0.25) is 0 Å². The van der Waals surface area contributed by atoms with Crippen molar-refractivity contribution >= 4 is 59.7 Å². The van der Waals surface area contributed by atoms with E-state index >= 15 is 0 Å². The largest absolute Gasteiger partial charge is 0.480 e. The van der Waals surface area contributed by atoms with Gasteiger partial charge in [0.1, 0.15) is 66.1 Å². The highest BCUT2D eigenvalue weighted by molar-refractivity contribution is 5.69. The number of aliphatic hydroxyl groups excluding tert-OH is 10. The highest BCUT2D eigenvalue weighted by Gasteiger charge is 1.86. The zero-order valence-electron chi connectivity index (χ0n) is 28.2.